The van der Waals surface area contributed by atoms with E-state index in [9.17, 15) is 14.4 Å². The van der Waals surface area contributed by atoms with Crippen molar-refractivity contribution in [1.29, 1.82) is 0 Å². The van der Waals surface area contributed by atoms with Crippen molar-refractivity contribution in [1.82, 2.24) is 10.2 Å². The Labute approximate surface area is 150 Å². The first-order valence-electron chi connectivity index (χ1n) is 8.02. The summed E-state index contributed by atoms with van der Waals surface area (Å²) < 4.78 is 0. The van der Waals surface area contributed by atoms with Gasteiger partial charge in [-0.25, -0.2) is 4.79 Å². The van der Waals surface area contributed by atoms with Gasteiger partial charge in [0.25, 0.3) is 5.91 Å². The maximum absolute atomic E-state index is 12.8. The SMILES string of the molecule is Cc1cc(C)c(C(=O)CN2C(=O)NC(C)(c3ccsc3)C2=O)cc1C. The van der Waals surface area contributed by atoms with Gasteiger partial charge in [0.1, 0.15) is 5.54 Å². The molecule has 25 heavy (non-hydrogen) atoms. The van der Waals surface area contributed by atoms with E-state index in [0.717, 1.165) is 27.2 Å². The quantitative estimate of drug-likeness (QED) is 0.675. The summed E-state index contributed by atoms with van der Waals surface area (Å²) in [5.74, 6) is -0.635. The van der Waals surface area contributed by atoms with Crippen LogP contribution in [0.3, 0.4) is 0 Å². The minimum absolute atomic E-state index is 0.237. The Bertz CT molecular complexity index is 873. The highest BCUT2D eigenvalue weighted by Crippen LogP contribution is 2.30. The van der Waals surface area contributed by atoms with Crippen molar-refractivity contribution >= 4 is 29.1 Å². The Hall–Kier alpha value is -2.47. The minimum Gasteiger partial charge on any atom is -0.319 e. The second kappa shape index (κ2) is 6.11. The second-order valence-corrected chi connectivity index (χ2v) is 7.41. The van der Waals surface area contributed by atoms with E-state index in [0.29, 0.717) is 5.56 Å². The molecule has 1 fully saturated rings. The molecule has 1 atom stereocenters. The molecule has 0 saturated carbocycles. The summed E-state index contributed by atoms with van der Waals surface area (Å²) in [7, 11) is 0. The molecule has 0 aliphatic carbocycles. The number of aryl methyl sites for hydroxylation is 3. The van der Waals surface area contributed by atoms with Crippen LogP contribution in [0, 0.1) is 20.8 Å². The number of ketones is 1. The van der Waals surface area contributed by atoms with Gasteiger partial charge >= 0.3 is 6.03 Å². The van der Waals surface area contributed by atoms with E-state index in [4.69, 9.17) is 0 Å². The van der Waals surface area contributed by atoms with E-state index < -0.39 is 17.5 Å². The van der Waals surface area contributed by atoms with Gasteiger partial charge in [0.05, 0.1) is 6.54 Å². The number of carbonyl (C=O) groups is 3. The number of nitrogens with zero attached hydrogens (tertiary/aromatic N) is 1. The van der Waals surface area contributed by atoms with Crippen molar-refractivity contribution in [2.45, 2.75) is 33.2 Å². The van der Waals surface area contributed by atoms with E-state index >= 15 is 0 Å². The molecule has 0 bridgehead atoms. The molecule has 1 aliphatic rings. The highest BCUT2D eigenvalue weighted by Gasteiger charge is 2.49. The summed E-state index contributed by atoms with van der Waals surface area (Å²) in [5.41, 5.74) is 3.13. The summed E-state index contributed by atoms with van der Waals surface area (Å²) in [6.45, 7) is 7.20. The Morgan fingerprint density at radius 1 is 1.16 bits per heavy atom. The number of urea groups is 1. The number of Topliss-reactive ketones (excluding diaryl/α,β-unsaturated/α-hetero) is 1. The predicted molar refractivity (Wildman–Crippen MR) is 96.9 cm³/mol. The highest BCUT2D eigenvalue weighted by molar-refractivity contribution is 7.08. The number of hydrogen-bond acceptors (Lipinski definition) is 4. The van der Waals surface area contributed by atoms with Crippen LogP contribution in [0.4, 0.5) is 4.79 Å². The Balaban J connectivity index is 1.86. The van der Waals surface area contributed by atoms with Gasteiger partial charge in [-0.3, -0.25) is 14.5 Å². The topological polar surface area (TPSA) is 66.5 Å². The average Bonchev–Trinajstić information content (AvgIpc) is 3.15. The largest absolute Gasteiger partial charge is 0.325 e. The van der Waals surface area contributed by atoms with Gasteiger partial charge in [-0.1, -0.05) is 6.07 Å². The molecule has 1 N–H and O–H groups in total. The molecule has 0 radical (unpaired) electrons. The predicted octanol–water partition coefficient (Wildman–Crippen LogP) is 3.32. The van der Waals surface area contributed by atoms with Gasteiger partial charge in [0.15, 0.2) is 5.78 Å². The van der Waals surface area contributed by atoms with Crippen molar-refractivity contribution in [3.8, 4) is 0 Å². The van der Waals surface area contributed by atoms with Crippen molar-refractivity contribution in [2.24, 2.45) is 0 Å². The van der Waals surface area contributed by atoms with Crippen LogP contribution in [0.15, 0.2) is 29.0 Å². The van der Waals surface area contributed by atoms with Gasteiger partial charge in [-0.15, -0.1) is 0 Å². The summed E-state index contributed by atoms with van der Waals surface area (Å²) in [4.78, 5) is 38.8. The number of rotatable bonds is 4. The van der Waals surface area contributed by atoms with Crippen LogP contribution in [-0.2, 0) is 10.3 Å². The third kappa shape index (κ3) is 2.87. The Morgan fingerprint density at radius 3 is 2.48 bits per heavy atom. The maximum Gasteiger partial charge on any atom is 0.325 e. The Kier molecular flexibility index (Phi) is 4.24. The number of nitrogens with one attached hydrogen (secondary N) is 1. The molecule has 0 spiro atoms. The second-order valence-electron chi connectivity index (χ2n) is 6.63. The third-order valence-corrected chi connectivity index (χ3v) is 5.50. The number of benzene rings is 1. The molecular formula is C19H20N2O3S. The fraction of sp³-hybridized carbons (Fsp3) is 0.316. The zero-order valence-electron chi connectivity index (χ0n) is 14.7. The molecule has 2 heterocycles. The van der Waals surface area contributed by atoms with Crippen LogP contribution >= 0.6 is 11.3 Å². The molecule has 2 aromatic rings. The van der Waals surface area contributed by atoms with Gasteiger partial charge in [-0.05, 0) is 72.8 Å². The smallest absolute Gasteiger partial charge is 0.319 e. The summed E-state index contributed by atoms with van der Waals surface area (Å²) >= 11 is 1.46. The van der Waals surface area contributed by atoms with Crippen molar-refractivity contribution < 1.29 is 14.4 Å². The number of hydrogen-bond donors (Lipinski definition) is 1. The van der Waals surface area contributed by atoms with E-state index in [1.807, 2.05) is 49.7 Å². The Morgan fingerprint density at radius 2 is 1.84 bits per heavy atom. The number of amides is 3. The van der Waals surface area contributed by atoms with Gasteiger partial charge < -0.3 is 5.32 Å². The molecule has 1 aromatic heterocycles. The van der Waals surface area contributed by atoms with Crippen LogP contribution in [-0.4, -0.2) is 29.2 Å². The van der Waals surface area contributed by atoms with E-state index in [2.05, 4.69) is 5.32 Å². The van der Waals surface area contributed by atoms with Crippen LogP contribution in [0.1, 0.15) is 39.5 Å². The fourth-order valence-corrected chi connectivity index (χ4v) is 3.84. The molecule has 1 saturated heterocycles. The van der Waals surface area contributed by atoms with Crippen LogP contribution in [0.2, 0.25) is 0 Å². The molecule has 6 heteroatoms. The lowest BCUT2D eigenvalue weighted by atomic mass is 9.94. The molecular weight excluding hydrogens is 336 g/mol. The number of carbonyl (C=O) groups excluding carboxylic acids is 3. The van der Waals surface area contributed by atoms with Crippen molar-refractivity contribution in [3.63, 3.8) is 0 Å². The fourth-order valence-electron chi connectivity index (χ4n) is 3.07. The lowest BCUT2D eigenvalue weighted by Gasteiger charge is -2.20. The third-order valence-electron chi connectivity index (χ3n) is 4.82. The first-order valence-corrected chi connectivity index (χ1v) is 8.96. The number of thiophene rings is 1. The van der Waals surface area contributed by atoms with Gasteiger partial charge in [0.2, 0.25) is 0 Å². The molecule has 1 aliphatic heterocycles. The molecule has 5 nitrogen and oxygen atoms in total. The van der Waals surface area contributed by atoms with Crippen molar-refractivity contribution in [3.05, 3.63) is 56.8 Å². The number of imide groups is 1. The molecule has 1 aromatic carbocycles. The van der Waals surface area contributed by atoms with Crippen LogP contribution in [0.25, 0.3) is 0 Å². The minimum atomic E-state index is -1.12. The zero-order chi connectivity index (χ0) is 18.4. The summed E-state index contributed by atoms with van der Waals surface area (Å²) in [5, 5.41) is 6.40. The molecule has 1 unspecified atom stereocenters. The van der Waals surface area contributed by atoms with Gasteiger partial charge in [0, 0.05) is 5.56 Å². The first-order chi connectivity index (χ1) is 11.7. The summed E-state index contributed by atoms with van der Waals surface area (Å²) in [6, 6.07) is 5.04. The highest BCUT2D eigenvalue weighted by atomic mass is 32.1. The van der Waals surface area contributed by atoms with Crippen LogP contribution in [0.5, 0.6) is 0 Å². The van der Waals surface area contributed by atoms with E-state index in [-0.39, 0.29) is 12.3 Å². The lowest BCUT2D eigenvalue weighted by Crippen LogP contribution is -2.41. The standard InChI is InChI=1S/C19H20N2O3S/c1-11-7-13(3)15(8-12(11)2)16(22)9-21-17(23)19(4,20-18(21)24)14-5-6-25-10-14/h5-8,10H,9H2,1-4H3,(H,20,24). The van der Waals surface area contributed by atoms with Crippen LogP contribution < -0.4 is 5.32 Å². The average molecular weight is 356 g/mol. The maximum atomic E-state index is 12.8. The monoisotopic (exact) mass is 356 g/mol. The molecule has 130 valence electrons. The summed E-state index contributed by atoms with van der Waals surface area (Å²) in [6.07, 6.45) is 0. The molecule has 3 rings (SSSR count). The van der Waals surface area contributed by atoms with Crippen molar-refractivity contribution in [2.75, 3.05) is 6.54 Å². The van der Waals surface area contributed by atoms with E-state index in [1.165, 1.54) is 11.3 Å². The van der Waals surface area contributed by atoms with Gasteiger partial charge in [-0.2, -0.15) is 11.3 Å². The molecule has 3 amide bonds. The normalized spacial score (nSPS) is 20.1. The first kappa shape index (κ1) is 17.4. The zero-order valence-corrected chi connectivity index (χ0v) is 15.5. The lowest BCUT2D eigenvalue weighted by molar-refractivity contribution is -0.130. The van der Waals surface area contributed by atoms with E-state index in [1.54, 1.807) is 6.92 Å².